The summed E-state index contributed by atoms with van der Waals surface area (Å²) in [5.74, 6) is 0.877. The predicted molar refractivity (Wildman–Crippen MR) is 136 cm³/mol. The highest BCUT2D eigenvalue weighted by Gasteiger charge is 2.09. The minimum absolute atomic E-state index is 0.644. The summed E-state index contributed by atoms with van der Waals surface area (Å²) < 4.78 is 5.84. The van der Waals surface area contributed by atoms with Crippen molar-refractivity contribution in [2.45, 2.75) is 84.5 Å². The normalized spacial score (nSPS) is 12.7. The molecule has 0 bridgehead atoms. The van der Waals surface area contributed by atoms with Crippen molar-refractivity contribution >= 4 is 12.2 Å². The summed E-state index contributed by atoms with van der Waals surface area (Å²) in [5.41, 5.74) is 3.08. The lowest BCUT2D eigenvalue weighted by molar-refractivity contribution is 0.340. The Balaban J connectivity index is 1.47. The van der Waals surface area contributed by atoms with Crippen LogP contribution in [-0.4, -0.2) is 21.6 Å². The summed E-state index contributed by atoms with van der Waals surface area (Å²) in [7, 11) is 0. The van der Waals surface area contributed by atoms with E-state index in [9.17, 15) is 0 Å². The molecule has 0 atom stereocenters. The van der Waals surface area contributed by atoms with Crippen LogP contribution in [0.5, 0.6) is 5.75 Å². The van der Waals surface area contributed by atoms with Gasteiger partial charge in [0.1, 0.15) is 5.75 Å². The van der Waals surface area contributed by atoms with E-state index in [2.05, 4.69) is 58.3 Å². The Kier molecular flexibility index (Phi) is 10.3. The summed E-state index contributed by atoms with van der Waals surface area (Å²) in [6.07, 6.45) is 21.3. The second-order valence-corrected chi connectivity index (χ2v) is 8.67. The zero-order valence-electron chi connectivity index (χ0n) is 20.0. The SMILES string of the molecule is CCCCCCCCCCCCC=c1ccc(=Cc2[nH]c(-c3ccc[nH]3)cc2OCC)[nH]1. The molecule has 4 nitrogen and oxygen atoms in total. The number of nitrogens with one attached hydrogen (secondary N) is 3. The first-order valence-electron chi connectivity index (χ1n) is 12.7. The molecule has 0 spiro atoms. The molecule has 3 heterocycles. The van der Waals surface area contributed by atoms with E-state index >= 15 is 0 Å². The zero-order chi connectivity index (χ0) is 22.4. The van der Waals surface area contributed by atoms with Gasteiger partial charge in [0.2, 0.25) is 0 Å². The Morgan fingerprint density at radius 2 is 1.50 bits per heavy atom. The van der Waals surface area contributed by atoms with Gasteiger partial charge in [0.15, 0.2) is 0 Å². The van der Waals surface area contributed by atoms with Crippen LogP contribution in [0.15, 0.2) is 36.5 Å². The van der Waals surface area contributed by atoms with Crippen LogP contribution in [0.2, 0.25) is 0 Å². The number of aromatic amines is 3. The molecular formula is C28H41N3O. The molecule has 3 N–H and O–H groups in total. The molecule has 0 radical (unpaired) electrons. The highest BCUT2D eigenvalue weighted by Crippen LogP contribution is 2.26. The van der Waals surface area contributed by atoms with Crippen LogP contribution in [0, 0.1) is 0 Å². The van der Waals surface area contributed by atoms with E-state index in [1.807, 2.05) is 19.2 Å². The van der Waals surface area contributed by atoms with Gasteiger partial charge in [-0.25, -0.2) is 0 Å². The van der Waals surface area contributed by atoms with Gasteiger partial charge in [0, 0.05) is 23.0 Å². The Morgan fingerprint density at radius 1 is 0.781 bits per heavy atom. The molecule has 3 rings (SSSR count). The average Bonchev–Trinajstić information content (AvgIpc) is 3.55. The molecule has 174 valence electrons. The second-order valence-electron chi connectivity index (χ2n) is 8.67. The minimum Gasteiger partial charge on any atom is -0.492 e. The van der Waals surface area contributed by atoms with Gasteiger partial charge in [-0.05, 0) is 50.1 Å². The molecule has 3 aromatic heterocycles. The fourth-order valence-electron chi connectivity index (χ4n) is 4.15. The molecule has 0 unspecified atom stereocenters. The Hall–Kier alpha value is -2.62. The summed E-state index contributed by atoms with van der Waals surface area (Å²) >= 11 is 0. The molecule has 0 fully saturated rings. The van der Waals surface area contributed by atoms with Crippen molar-refractivity contribution < 1.29 is 4.74 Å². The summed E-state index contributed by atoms with van der Waals surface area (Å²) in [4.78, 5) is 10.2. The largest absolute Gasteiger partial charge is 0.492 e. The quantitative estimate of drug-likeness (QED) is 0.230. The topological polar surface area (TPSA) is 56.6 Å². The van der Waals surface area contributed by atoms with Crippen molar-refractivity contribution in [3.8, 4) is 17.1 Å². The highest BCUT2D eigenvalue weighted by atomic mass is 16.5. The maximum atomic E-state index is 5.84. The molecule has 3 aromatic rings. The monoisotopic (exact) mass is 435 g/mol. The molecule has 32 heavy (non-hydrogen) atoms. The fourth-order valence-corrected chi connectivity index (χ4v) is 4.15. The molecule has 0 saturated carbocycles. The Labute approximate surface area is 193 Å². The Morgan fingerprint density at radius 3 is 2.19 bits per heavy atom. The zero-order valence-corrected chi connectivity index (χ0v) is 20.0. The maximum Gasteiger partial charge on any atom is 0.144 e. The van der Waals surface area contributed by atoms with Crippen LogP contribution in [0.25, 0.3) is 23.5 Å². The van der Waals surface area contributed by atoms with E-state index in [4.69, 9.17) is 4.74 Å². The molecule has 0 aromatic carbocycles. The van der Waals surface area contributed by atoms with Gasteiger partial charge in [-0.2, -0.15) is 0 Å². The van der Waals surface area contributed by atoms with Gasteiger partial charge in [-0.15, -0.1) is 0 Å². The van der Waals surface area contributed by atoms with E-state index in [-0.39, 0.29) is 0 Å². The van der Waals surface area contributed by atoms with Gasteiger partial charge in [0.25, 0.3) is 0 Å². The fraction of sp³-hybridized carbons (Fsp3) is 0.500. The first kappa shape index (κ1) is 24.0. The lowest BCUT2D eigenvalue weighted by atomic mass is 10.1. The molecule has 0 amide bonds. The number of rotatable bonds is 15. The van der Waals surface area contributed by atoms with Crippen LogP contribution in [0.1, 0.15) is 90.2 Å². The number of unbranched alkanes of at least 4 members (excludes halogenated alkanes) is 10. The Bertz CT molecular complexity index is 994. The number of aromatic nitrogens is 3. The van der Waals surface area contributed by atoms with Crippen molar-refractivity contribution in [1.29, 1.82) is 0 Å². The molecule has 0 aliphatic rings. The number of ether oxygens (including phenoxy) is 1. The lowest BCUT2D eigenvalue weighted by Crippen LogP contribution is -2.09. The number of hydrogen-bond donors (Lipinski definition) is 3. The molecule has 0 saturated heterocycles. The van der Waals surface area contributed by atoms with Gasteiger partial charge < -0.3 is 19.7 Å². The summed E-state index contributed by atoms with van der Waals surface area (Å²) in [6.45, 7) is 4.94. The van der Waals surface area contributed by atoms with Crippen molar-refractivity contribution in [3.05, 3.63) is 52.9 Å². The minimum atomic E-state index is 0.644. The van der Waals surface area contributed by atoms with Crippen LogP contribution in [-0.2, 0) is 0 Å². The van der Waals surface area contributed by atoms with Crippen LogP contribution in [0.4, 0.5) is 0 Å². The maximum absolute atomic E-state index is 5.84. The van der Waals surface area contributed by atoms with E-state index < -0.39 is 0 Å². The predicted octanol–water partition coefficient (Wildman–Crippen LogP) is 6.66. The van der Waals surface area contributed by atoms with E-state index in [0.29, 0.717) is 6.61 Å². The smallest absolute Gasteiger partial charge is 0.144 e. The first-order valence-corrected chi connectivity index (χ1v) is 12.7. The van der Waals surface area contributed by atoms with Crippen molar-refractivity contribution in [3.63, 3.8) is 0 Å². The standard InChI is InChI=1S/C28H41N3O/c1-3-5-6-7-8-9-10-11-12-13-14-16-23-18-19-24(30-23)21-27-28(32-4-2)22-26(31-27)25-17-15-20-29-25/h15-22,29-31H,3-14H2,1-2H3. The number of hydrogen-bond acceptors (Lipinski definition) is 1. The molecule has 0 aliphatic heterocycles. The van der Waals surface area contributed by atoms with Crippen molar-refractivity contribution in [2.24, 2.45) is 0 Å². The van der Waals surface area contributed by atoms with Gasteiger partial charge >= 0.3 is 0 Å². The van der Waals surface area contributed by atoms with Crippen LogP contribution >= 0.6 is 0 Å². The van der Waals surface area contributed by atoms with E-state index in [1.54, 1.807) is 0 Å². The van der Waals surface area contributed by atoms with Gasteiger partial charge in [-0.1, -0.05) is 70.8 Å². The lowest BCUT2D eigenvalue weighted by Gasteiger charge is -2.01. The summed E-state index contributed by atoms with van der Waals surface area (Å²) in [6, 6.07) is 10.4. The third-order valence-electron chi connectivity index (χ3n) is 5.95. The van der Waals surface area contributed by atoms with E-state index in [1.165, 1.54) is 69.6 Å². The highest BCUT2D eigenvalue weighted by molar-refractivity contribution is 5.65. The average molecular weight is 436 g/mol. The van der Waals surface area contributed by atoms with Crippen LogP contribution < -0.4 is 15.4 Å². The van der Waals surface area contributed by atoms with Gasteiger partial charge in [-0.3, -0.25) is 0 Å². The molecular weight excluding hydrogens is 394 g/mol. The van der Waals surface area contributed by atoms with Crippen molar-refractivity contribution in [1.82, 2.24) is 15.0 Å². The van der Waals surface area contributed by atoms with Gasteiger partial charge in [0.05, 0.1) is 23.7 Å². The summed E-state index contributed by atoms with van der Waals surface area (Å²) in [5, 5.41) is 2.28. The van der Waals surface area contributed by atoms with Crippen molar-refractivity contribution in [2.75, 3.05) is 6.61 Å². The third kappa shape index (κ3) is 7.81. The second kappa shape index (κ2) is 13.7. The molecule has 4 heteroatoms. The first-order chi connectivity index (χ1) is 15.8. The van der Waals surface area contributed by atoms with E-state index in [0.717, 1.165) is 34.6 Å². The number of H-pyrrole nitrogens is 3. The van der Waals surface area contributed by atoms with Crippen LogP contribution in [0.3, 0.4) is 0 Å². The molecule has 0 aliphatic carbocycles. The third-order valence-corrected chi connectivity index (χ3v) is 5.95.